The van der Waals surface area contributed by atoms with E-state index in [4.69, 9.17) is 4.74 Å². The summed E-state index contributed by atoms with van der Waals surface area (Å²) in [5.41, 5.74) is 0. The number of likely N-dealkylation sites (tertiary alicyclic amines) is 1. The molecule has 1 N–H and O–H groups in total. The van der Waals surface area contributed by atoms with Crippen molar-refractivity contribution in [3.8, 4) is 0 Å². The van der Waals surface area contributed by atoms with E-state index < -0.39 is 0 Å². The van der Waals surface area contributed by atoms with Gasteiger partial charge in [0.2, 0.25) is 11.8 Å². The van der Waals surface area contributed by atoms with E-state index in [9.17, 15) is 9.59 Å². The Labute approximate surface area is 108 Å². The molecule has 0 saturated carbocycles. The first-order valence-corrected chi connectivity index (χ1v) is 6.87. The summed E-state index contributed by atoms with van der Waals surface area (Å²) in [7, 11) is 0. The molecule has 1 atom stereocenters. The van der Waals surface area contributed by atoms with Gasteiger partial charge in [-0.05, 0) is 26.2 Å². The fraction of sp³-hybridized carbons (Fsp3) is 0.846. The zero-order valence-electron chi connectivity index (χ0n) is 11.0. The van der Waals surface area contributed by atoms with Crippen LogP contribution in [0.25, 0.3) is 0 Å². The first kappa shape index (κ1) is 13.3. The second-order valence-electron chi connectivity index (χ2n) is 5.02. The molecule has 2 rings (SSSR count). The highest BCUT2D eigenvalue weighted by molar-refractivity contribution is 5.83. The number of carbonyl (C=O) groups excluding carboxylic acids is 2. The van der Waals surface area contributed by atoms with Gasteiger partial charge in [0.25, 0.3) is 0 Å². The Balaban J connectivity index is 1.78. The lowest BCUT2D eigenvalue weighted by molar-refractivity contribution is -0.139. The Morgan fingerprint density at radius 1 is 1.39 bits per heavy atom. The Morgan fingerprint density at radius 2 is 2.11 bits per heavy atom. The first-order valence-electron chi connectivity index (χ1n) is 6.87. The predicted octanol–water partition coefficient (Wildman–Crippen LogP) is 0.540. The van der Waals surface area contributed by atoms with Gasteiger partial charge < -0.3 is 15.0 Å². The maximum atomic E-state index is 12.3. The van der Waals surface area contributed by atoms with Crippen molar-refractivity contribution >= 4 is 11.8 Å². The first-order chi connectivity index (χ1) is 8.70. The number of ether oxygens (including phenoxy) is 1. The van der Waals surface area contributed by atoms with Crippen LogP contribution in [-0.2, 0) is 14.3 Å². The fourth-order valence-electron chi connectivity index (χ4n) is 2.68. The third-order valence-electron chi connectivity index (χ3n) is 3.77. The largest absolute Gasteiger partial charge is 0.378 e. The lowest BCUT2D eigenvalue weighted by Crippen LogP contribution is -2.48. The van der Waals surface area contributed by atoms with Crippen LogP contribution in [0.1, 0.15) is 32.6 Å². The number of carbonyl (C=O) groups is 2. The number of nitrogens with zero attached hydrogens (tertiary/aromatic N) is 1. The van der Waals surface area contributed by atoms with Gasteiger partial charge in [-0.3, -0.25) is 9.59 Å². The average molecular weight is 254 g/mol. The molecule has 102 valence electrons. The standard InChI is InChI=1S/C13H22N2O3/c1-2-18-11-5-7-15(8-6-11)13(17)10-3-4-12(16)14-9-10/h10-11H,2-9H2,1H3,(H,14,16). The molecule has 0 aliphatic carbocycles. The zero-order valence-corrected chi connectivity index (χ0v) is 11.0. The molecule has 2 aliphatic heterocycles. The van der Waals surface area contributed by atoms with Crippen molar-refractivity contribution in [3.05, 3.63) is 0 Å². The molecule has 1 unspecified atom stereocenters. The van der Waals surface area contributed by atoms with Crippen LogP contribution in [0.4, 0.5) is 0 Å². The molecule has 0 spiro atoms. The van der Waals surface area contributed by atoms with Gasteiger partial charge in [-0.1, -0.05) is 0 Å². The van der Waals surface area contributed by atoms with Crippen LogP contribution in [0.15, 0.2) is 0 Å². The third kappa shape index (κ3) is 3.22. The Kier molecular flexibility index (Phi) is 4.58. The normalized spacial score (nSPS) is 25.9. The minimum atomic E-state index is -0.0219. The van der Waals surface area contributed by atoms with E-state index in [0.717, 1.165) is 32.5 Å². The molecule has 0 aromatic carbocycles. The lowest BCUT2D eigenvalue weighted by atomic mass is 9.96. The molecule has 2 aliphatic rings. The second-order valence-corrected chi connectivity index (χ2v) is 5.02. The fourth-order valence-corrected chi connectivity index (χ4v) is 2.68. The van der Waals surface area contributed by atoms with Crippen LogP contribution >= 0.6 is 0 Å². The van der Waals surface area contributed by atoms with E-state index in [2.05, 4.69) is 5.32 Å². The SMILES string of the molecule is CCOC1CCN(C(=O)C2CCC(=O)NC2)CC1. The molecule has 0 aromatic heterocycles. The van der Waals surface area contributed by atoms with Gasteiger partial charge in [0.05, 0.1) is 12.0 Å². The van der Waals surface area contributed by atoms with E-state index >= 15 is 0 Å². The molecule has 0 aromatic rings. The van der Waals surface area contributed by atoms with Crippen molar-refractivity contribution in [3.63, 3.8) is 0 Å². The molecule has 2 saturated heterocycles. The van der Waals surface area contributed by atoms with Crippen LogP contribution in [0.2, 0.25) is 0 Å². The lowest BCUT2D eigenvalue weighted by Gasteiger charge is -2.35. The molecule has 2 amide bonds. The average Bonchev–Trinajstić information content (AvgIpc) is 2.40. The number of nitrogens with one attached hydrogen (secondary N) is 1. The number of rotatable bonds is 3. The van der Waals surface area contributed by atoms with Crippen LogP contribution in [0.3, 0.4) is 0 Å². The van der Waals surface area contributed by atoms with E-state index in [1.807, 2.05) is 11.8 Å². The van der Waals surface area contributed by atoms with E-state index in [1.54, 1.807) is 0 Å². The molecule has 2 heterocycles. The maximum absolute atomic E-state index is 12.3. The highest BCUT2D eigenvalue weighted by Crippen LogP contribution is 2.19. The van der Waals surface area contributed by atoms with Crippen molar-refractivity contribution < 1.29 is 14.3 Å². The van der Waals surface area contributed by atoms with E-state index in [1.165, 1.54) is 0 Å². The summed E-state index contributed by atoms with van der Waals surface area (Å²) in [4.78, 5) is 25.3. The quantitative estimate of drug-likeness (QED) is 0.799. The van der Waals surface area contributed by atoms with Crippen molar-refractivity contribution in [1.29, 1.82) is 0 Å². The molecular formula is C13H22N2O3. The van der Waals surface area contributed by atoms with Gasteiger partial charge in [0.15, 0.2) is 0 Å². The van der Waals surface area contributed by atoms with Crippen LogP contribution in [-0.4, -0.2) is 49.1 Å². The minimum absolute atomic E-state index is 0.0219. The monoisotopic (exact) mass is 254 g/mol. The Bertz CT molecular complexity index is 301. The van der Waals surface area contributed by atoms with Gasteiger partial charge >= 0.3 is 0 Å². The zero-order chi connectivity index (χ0) is 13.0. The van der Waals surface area contributed by atoms with Crippen LogP contribution in [0, 0.1) is 5.92 Å². The summed E-state index contributed by atoms with van der Waals surface area (Å²) in [5, 5.41) is 2.77. The highest BCUT2D eigenvalue weighted by Gasteiger charge is 2.30. The summed E-state index contributed by atoms with van der Waals surface area (Å²) >= 11 is 0. The smallest absolute Gasteiger partial charge is 0.227 e. The maximum Gasteiger partial charge on any atom is 0.227 e. The van der Waals surface area contributed by atoms with Gasteiger partial charge in [-0.2, -0.15) is 0 Å². The third-order valence-corrected chi connectivity index (χ3v) is 3.77. The molecular weight excluding hydrogens is 232 g/mol. The number of hydrogen-bond acceptors (Lipinski definition) is 3. The summed E-state index contributed by atoms with van der Waals surface area (Å²) in [6, 6.07) is 0. The molecule has 2 fully saturated rings. The van der Waals surface area contributed by atoms with Gasteiger partial charge in [0, 0.05) is 32.7 Å². The van der Waals surface area contributed by atoms with E-state index in [0.29, 0.717) is 25.5 Å². The predicted molar refractivity (Wildman–Crippen MR) is 67.0 cm³/mol. The van der Waals surface area contributed by atoms with E-state index in [-0.39, 0.29) is 17.7 Å². The van der Waals surface area contributed by atoms with Crippen molar-refractivity contribution in [2.45, 2.75) is 38.7 Å². The topological polar surface area (TPSA) is 58.6 Å². The molecule has 5 heteroatoms. The second kappa shape index (κ2) is 6.18. The van der Waals surface area contributed by atoms with Gasteiger partial charge in [-0.15, -0.1) is 0 Å². The number of amides is 2. The Hall–Kier alpha value is -1.10. The molecule has 0 bridgehead atoms. The number of hydrogen-bond donors (Lipinski definition) is 1. The highest BCUT2D eigenvalue weighted by atomic mass is 16.5. The van der Waals surface area contributed by atoms with Crippen molar-refractivity contribution in [2.75, 3.05) is 26.2 Å². The van der Waals surface area contributed by atoms with Crippen molar-refractivity contribution in [1.82, 2.24) is 10.2 Å². The van der Waals surface area contributed by atoms with Crippen LogP contribution in [0.5, 0.6) is 0 Å². The summed E-state index contributed by atoms with van der Waals surface area (Å²) in [6.45, 7) is 4.82. The van der Waals surface area contributed by atoms with Gasteiger partial charge in [-0.25, -0.2) is 0 Å². The molecule has 0 radical (unpaired) electrons. The van der Waals surface area contributed by atoms with Gasteiger partial charge in [0.1, 0.15) is 0 Å². The van der Waals surface area contributed by atoms with Crippen LogP contribution < -0.4 is 5.32 Å². The summed E-state index contributed by atoms with van der Waals surface area (Å²) in [6.07, 6.45) is 3.34. The molecule has 18 heavy (non-hydrogen) atoms. The Morgan fingerprint density at radius 3 is 2.67 bits per heavy atom. The summed E-state index contributed by atoms with van der Waals surface area (Å²) in [5.74, 6) is 0.241. The minimum Gasteiger partial charge on any atom is -0.378 e. The molecule has 5 nitrogen and oxygen atoms in total. The number of piperidine rings is 2. The summed E-state index contributed by atoms with van der Waals surface area (Å²) < 4.78 is 5.58. The van der Waals surface area contributed by atoms with Crippen molar-refractivity contribution in [2.24, 2.45) is 5.92 Å².